The quantitative estimate of drug-likeness (QED) is 0.560. The molecule has 1 aliphatic heterocycles. The molecule has 2 aromatic carbocycles. The van der Waals surface area contributed by atoms with Crippen LogP contribution in [0.2, 0.25) is 0 Å². The molecule has 0 bridgehead atoms. The SMILES string of the molecule is Cc1ccc(S(=O)(=O)[C@@H](NC(=O)c2ccccc2)C(=O)N2CCN(C(=O)c3ccco3)CC2)cc1. The Bertz CT molecular complexity index is 1300. The van der Waals surface area contributed by atoms with Gasteiger partial charge in [-0.05, 0) is 43.3 Å². The lowest BCUT2D eigenvalue weighted by molar-refractivity contribution is -0.132. The van der Waals surface area contributed by atoms with Crippen LogP contribution in [0.25, 0.3) is 0 Å². The average molecular weight is 496 g/mol. The topological polar surface area (TPSA) is 117 Å². The molecule has 0 radical (unpaired) electrons. The molecule has 0 aliphatic carbocycles. The second-order valence-electron chi connectivity index (χ2n) is 8.17. The Labute approximate surface area is 203 Å². The predicted octanol–water partition coefficient (Wildman–Crippen LogP) is 2.10. The van der Waals surface area contributed by atoms with E-state index in [1.165, 1.54) is 40.3 Å². The van der Waals surface area contributed by atoms with Gasteiger partial charge in [0.15, 0.2) is 5.76 Å². The summed E-state index contributed by atoms with van der Waals surface area (Å²) in [5.74, 6) is -1.53. The van der Waals surface area contributed by atoms with Gasteiger partial charge in [-0.1, -0.05) is 35.9 Å². The van der Waals surface area contributed by atoms with E-state index in [-0.39, 0.29) is 48.3 Å². The Hall–Kier alpha value is -3.92. The Balaban J connectivity index is 1.56. The van der Waals surface area contributed by atoms with E-state index in [4.69, 9.17) is 4.42 Å². The first kappa shape index (κ1) is 24.2. The van der Waals surface area contributed by atoms with Crippen LogP contribution in [-0.2, 0) is 14.6 Å². The number of furan rings is 1. The van der Waals surface area contributed by atoms with Crippen molar-refractivity contribution in [1.29, 1.82) is 0 Å². The summed E-state index contributed by atoms with van der Waals surface area (Å²) in [4.78, 5) is 41.6. The third-order valence-electron chi connectivity index (χ3n) is 5.79. The molecular weight excluding hydrogens is 470 g/mol. The van der Waals surface area contributed by atoms with E-state index in [1.54, 1.807) is 42.5 Å². The third kappa shape index (κ3) is 5.27. The molecule has 1 atom stereocenters. The predicted molar refractivity (Wildman–Crippen MR) is 127 cm³/mol. The van der Waals surface area contributed by atoms with Crippen molar-refractivity contribution < 1.29 is 27.2 Å². The van der Waals surface area contributed by atoms with Gasteiger partial charge in [0.05, 0.1) is 11.2 Å². The molecule has 3 aromatic rings. The fourth-order valence-electron chi connectivity index (χ4n) is 3.78. The van der Waals surface area contributed by atoms with Gasteiger partial charge < -0.3 is 19.5 Å². The summed E-state index contributed by atoms with van der Waals surface area (Å²) in [6.45, 7) is 2.46. The van der Waals surface area contributed by atoms with Crippen molar-refractivity contribution in [2.24, 2.45) is 0 Å². The number of carbonyl (C=O) groups excluding carboxylic acids is 3. The van der Waals surface area contributed by atoms with Gasteiger partial charge in [0.1, 0.15) is 0 Å². The molecule has 1 fully saturated rings. The number of carbonyl (C=O) groups is 3. The maximum Gasteiger partial charge on any atom is 0.289 e. The minimum absolute atomic E-state index is 0.0681. The smallest absolute Gasteiger partial charge is 0.289 e. The summed E-state index contributed by atoms with van der Waals surface area (Å²) in [7, 11) is -4.25. The van der Waals surface area contributed by atoms with Crippen LogP contribution < -0.4 is 5.32 Å². The van der Waals surface area contributed by atoms with Crippen LogP contribution >= 0.6 is 0 Å². The third-order valence-corrected chi connectivity index (χ3v) is 7.66. The Morgan fingerprint density at radius 1 is 0.857 bits per heavy atom. The van der Waals surface area contributed by atoms with Gasteiger partial charge in [-0.15, -0.1) is 0 Å². The van der Waals surface area contributed by atoms with Gasteiger partial charge in [-0.2, -0.15) is 0 Å². The zero-order chi connectivity index (χ0) is 25.0. The maximum absolute atomic E-state index is 13.5. The number of hydrogen-bond donors (Lipinski definition) is 1. The molecular formula is C25H25N3O6S. The second-order valence-corrected chi connectivity index (χ2v) is 10.2. The molecule has 4 rings (SSSR count). The van der Waals surface area contributed by atoms with Crippen molar-refractivity contribution in [2.45, 2.75) is 17.2 Å². The molecule has 10 heteroatoms. The molecule has 1 aromatic heterocycles. The van der Waals surface area contributed by atoms with Crippen molar-refractivity contribution in [3.63, 3.8) is 0 Å². The van der Waals surface area contributed by atoms with Crippen molar-refractivity contribution in [3.8, 4) is 0 Å². The van der Waals surface area contributed by atoms with E-state index < -0.39 is 27.0 Å². The van der Waals surface area contributed by atoms with Gasteiger partial charge in [-0.25, -0.2) is 8.42 Å². The molecule has 3 amide bonds. The summed E-state index contributed by atoms with van der Waals surface area (Å²) in [6, 6.07) is 17.4. The Kier molecular flexibility index (Phi) is 7.02. The van der Waals surface area contributed by atoms with E-state index in [1.807, 2.05) is 6.92 Å². The highest BCUT2D eigenvalue weighted by atomic mass is 32.2. The van der Waals surface area contributed by atoms with E-state index in [0.717, 1.165) is 5.56 Å². The number of rotatable bonds is 6. The number of nitrogens with zero attached hydrogens (tertiary/aromatic N) is 2. The van der Waals surface area contributed by atoms with Crippen LogP contribution in [0.3, 0.4) is 0 Å². The van der Waals surface area contributed by atoms with Gasteiger partial charge in [0, 0.05) is 31.7 Å². The van der Waals surface area contributed by atoms with Gasteiger partial charge in [-0.3, -0.25) is 14.4 Å². The molecule has 1 saturated heterocycles. The van der Waals surface area contributed by atoms with Crippen LogP contribution in [0.1, 0.15) is 26.5 Å². The molecule has 0 unspecified atom stereocenters. The molecule has 1 aliphatic rings. The lowest BCUT2D eigenvalue weighted by atomic mass is 10.2. The summed E-state index contributed by atoms with van der Waals surface area (Å²) in [5.41, 5.74) is 1.09. The minimum atomic E-state index is -4.25. The number of hydrogen-bond acceptors (Lipinski definition) is 6. The molecule has 0 saturated carbocycles. The zero-order valence-electron chi connectivity index (χ0n) is 19.1. The first-order valence-electron chi connectivity index (χ1n) is 11.1. The molecule has 2 heterocycles. The average Bonchev–Trinajstić information content (AvgIpc) is 3.42. The number of sulfone groups is 1. The number of aryl methyl sites for hydroxylation is 1. The highest BCUT2D eigenvalue weighted by Gasteiger charge is 2.39. The number of amides is 3. The summed E-state index contributed by atoms with van der Waals surface area (Å²) < 4.78 is 32.1. The normalized spacial score (nSPS) is 14.9. The van der Waals surface area contributed by atoms with Gasteiger partial charge in [0.25, 0.3) is 17.7 Å². The monoisotopic (exact) mass is 495 g/mol. The molecule has 9 nitrogen and oxygen atoms in total. The fraction of sp³-hybridized carbons (Fsp3) is 0.240. The maximum atomic E-state index is 13.5. The largest absolute Gasteiger partial charge is 0.459 e. The zero-order valence-corrected chi connectivity index (χ0v) is 19.9. The first-order chi connectivity index (χ1) is 16.8. The molecule has 1 N–H and O–H groups in total. The van der Waals surface area contributed by atoms with Crippen LogP contribution in [0.15, 0.2) is 82.3 Å². The van der Waals surface area contributed by atoms with Crippen LogP contribution in [0, 0.1) is 6.92 Å². The molecule has 182 valence electrons. The van der Waals surface area contributed by atoms with Crippen molar-refractivity contribution in [2.75, 3.05) is 26.2 Å². The van der Waals surface area contributed by atoms with Gasteiger partial charge in [0.2, 0.25) is 15.2 Å². The van der Waals surface area contributed by atoms with Crippen LogP contribution in [0.4, 0.5) is 0 Å². The van der Waals surface area contributed by atoms with E-state index >= 15 is 0 Å². The highest BCUT2D eigenvalue weighted by molar-refractivity contribution is 7.92. The molecule has 35 heavy (non-hydrogen) atoms. The lowest BCUT2D eigenvalue weighted by Crippen LogP contribution is -2.57. The second kappa shape index (κ2) is 10.1. The van der Waals surface area contributed by atoms with Crippen LogP contribution in [0.5, 0.6) is 0 Å². The van der Waals surface area contributed by atoms with E-state index in [2.05, 4.69) is 5.32 Å². The Morgan fingerprint density at radius 2 is 1.49 bits per heavy atom. The van der Waals surface area contributed by atoms with Crippen LogP contribution in [-0.4, -0.2) is 67.5 Å². The number of nitrogens with one attached hydrogen (secondary N) is 1. The number of piperazine rings is 1. The first-order valence-corrected chi connectivity index (χ1v) is 12.6. The van der Waals surface area contributed by atoms with Crippen molar-refractivity contribution >= 4 is 27.6 Å². The number of benzene rings is 2. The standard InChI is InChI=1S/C25H25N3O6S/c1-18-9-11-20(12-10-18)35(32,33)23(26-22(29)19-6-3-2-4-7-19)25(31)28-15-13-27(14-16-28)24(30)21-8-5-17-34-21/h2-12,17,23H,13-16H2,1H3,(H,26,29)/t23-/m1/s1. The van der Waals surface area contributed by atoms with E-state index in [9.17, 15) is 22.8 Å². The lowest BCUT2D eigenvalue weighted by Gasteiger charge is -2.36. The minimum Gasteiger partial charge on any atom is -0.459 e. The summed E-state index contributed by atoms with van der Waals surface area (Å²) in [5, 5.41) is 0.612. The summed E-state index contributed by atoms with van der Waals surface area (Å²) >= 11 is 0. The van der Waals surface area contributed by atoms with E-state index in [0.29, 0.717) is 0 Å². The van der Waals surface area contributed by atoms with Crippen molar-refractivity contribution in [1.82, 2.24) is 15.1 Å². The van der Waals surface area contributed by atoms with Gasteiger partial charge >= 0.3 is 0 Å². The fourth-order valence-corrected chi connectivity index (χ4v) is 5.24. The van der Waals surface area contributed by atoms with Crippen molar-refractivity contribution in [3.05, 3.63) is 89.9 Å². The molecule has 0 spiro atoms. The summed E-state index contributed by atoms with van der Waals surface area (Å²) in [6.07, 6.45) is 1.41. The highest BCUT2D eigenvalue weighted by Crippen LogP contribution is 2.19. The Morgan fingerprint density at radius 3 is 2.09 bits per heavy atom.